The Labute approximate surface area is 123 Å². The van der Waals surface area contributed by atoms with Crippen molar-refractivity contribution in [2.75, 3.05) is 6.54 Å². The molecule has 118 valence electrons. The molecule has 0 amide bonds. The van der Waals surface area contributed by atoms with Gasteiger partial charge in [-0.3, -0.25) is 10.1 Å². The van der Waals surface area contributed by atoms with Crippen LogP contribution in [-0.2, 0) is 12.1 Å². The molecule has 0 spiro atoms. The van der Waals surface area contributed by atoms with Gasteiger partial charge in [0.15, 0.2) is 5.82 Å². The molecule has 1 aromatic carbocycles. The fraction of sp³-hybridized carbons (Fsp3) is 0.308. The zero-order chi connectivity index (χ0) is 16.4. The number of hydrogen-bond donors (Lipinski definition) is 1. The van der Waals surface area contributed by atoms with E-state index in [1.54, 1.807) is 30.3 Å². The molecule has 6 nitrogen and oxygen atoms in total. The molecule has 0 saturated heterocycles. The summed E-state index contributed by atoms with van der Waals surface area (Å²) in [5.74, 6) is -0.805. The summed E-state index contributed by atoms with van der Waals surface area (Å²) in [6.45, 7) is -1.70. The molecule has 1 atom stereocenters. The van der Waals surface area contributed by atoms with Crippen molar-refractivity contribution in [1.82, 2.24) is 9.55 Å². The smallest absolute Gasteiger partial charge is 0.369 e. The van der Waals surface area contributed by atoms with Gasteiger partial charge in [0.05, 0.1) is 0 Å². The molecule has 0 saturated carbocycles. The molecule has 9 heteroatoms. The van der Waals surface area contributed by atoms with Gasteiger partial charge in [-0.1, -0.05) is 30.3 Å². The largest absolute Gasteiger partial charge is 0.431 e. The van der Waals surface area contributed by atoms with Crippen molar-refractivity contribution in [2.45, 2.75) is 18.3 Å². The number of imidazole rings is 1. The lowest BCUT2D eigenvalue weighted by molar-refractivity contribution is -0.519. The van der Waals surface area contributed by atoms with E-state index in [9.17, 15) is 28.4 Å². The zero-order valence-corrected chi connectivity index (χ0v) is 11.2. The number of nitro groups is 1. The van der Waals surface area contributed by atoms with Crippen molar-refractivity contribution >= 4 is 0 Å². The summed E-state index contributed by atoms with van der Waals surface area (Å²) in [4.78, 5) is 12.8. The Hall–Kier alpha value is -2.42. The van der Waals surface area contributed by atoms with Crippen LogP contribution in [0.5, 0.6) is 0 Å². The first-order valence-corrected chi connectivity index (χ1v) is 6.20. The standard InChI is InChI=1S/C13H12F3N3O3/c14-13(15,16)12(20,9-19(21)22)11-17-6-7-18(11)8-10-4-2-1-3-5-10/h1-7,20H,8-9H2. The number of aliphatic hydroxyl groups is 1. The van der Waals surface area contributed by atoms with Crippen LogP contribution >= 0.6 is 0 Å². The van der Waals surface area contributed by atoms with Crippen LogP contribution in [0.25, 0.3) is 0 Å². The summed E-state index contributed by atoms with van der Waals surface area (Å²) in [6.07, 6.45) is -2.92. The summed E-state index contributed by atoms with van der Waals surface area (Å²) in [5, 5.41) is 20.4. The number of benzene rings is 1. The maximum atomic E-state index is 13.1. The van der Waals surface area contributed by atoms with Crippen LogP contribution in [0.4, 0.5) is 13.2 Å². The molecular formula is C13H12F3N3O3. The Kier molecular flexibility index (Phi) is 4.18. The Morgan fingerprint density at radius 1 is 1.27 bits per heavy atom. The molecule has 0 aliphatic heterocycles. The highest BCUT2D eigenvalue weighted by atomic mass is 19.4. The van der Waals surface area contributed by atoms with Crippen LogP contribution in [0.15, 0.2) is 42.7 Å². The van der Waals surface area contributed by atoms with Crippen LogP contribution in [0, 0.1) is 10.1 Å². The molecule has 1 aromatic heterocycles. The van der Waals surface area contributed by atoms with E-state index in [1.807, 2.05) is 0 Å². The SMILES string of the molecule is O=[N+]([O-])CC(O)(c1nccn1Cc1ccccc1)C(F)(F)F. The van der Waals surface area contributed by atoms with Crippen molar-refractivity contribution < 1.29 is 23.2 Å². The Bertz CT molecular complexity index is 657. The van der Waals surface area contributed by atoms with E-state index in [0.717, 1.165) is 10.8 Å². The molecule has 22 heavy (non-hydrogen) atoms. The molecule has 0 fully saturated rings. The molecule has 0 bridgehead atoms. The molecule has 2 rings (SSSR count). The van der Waals surface area contributed by atoms with Crippen LogP contribution in [0.1, 0.15) is 11.4 Å². The van der Waals surface area contributed by atoms with E-state index in [2.05, 4.69) is 4.98 Å². The van der Waals surface area contributed by atoms with E-state index < -0.39 is 29.1 Å². The topological polar surface area (TPSA) is 81.2 Å². The van der Waals surface area contributed by atoms with Crippen LogP contribution in [-0.4, -0.2) is 32.3 Å². The first-order chi connectivity index (χ1) is 10.2. The Morgan fingerprint density at radius 3 is 2.45 bits per heavy atom. The van der Waals surface area contributed by atoms with Crippen molar-refractivity contribution in [2.24, 2.45) is 0 Å². The van der Waals surface area contributed by atoms with Gasteiger partial charge in [-0.15, -0.1) is 0 Å². The van der Waals surface area contributed by atoms with Gasteiger partial charge in [-0.05, 0) is 5.56 Å². The third-order valence-corrected chi connectivity index (χ3v) is 3.11. The maximum absolute atomic E-state index is 13.1. The molecule has 1 heterocycles. The number of halogens is 3. The van der Waals surface area contributed by atoms with Crippen LogP contribution in [0.2, 0.25) is 0 Å². The third kappa shape index (κ3) is 3.08. The third-order valence-electron chi connectivity index (χ3n) is 3.11. The second kappa shape index (κ2) is 5.76. The summed E-state index contributed by atoms with van der Waals surface area (Å²) >= 11 is 0. The normalized spacial score (nSPS) is 14.5. The van der Waals surface area contributed by atoms with Gasteiger partial charge in [0.1, 0.15) is 0 Å². The molecule has 1 unspecified atom stereocenters. The number of aromatic nitrogens is 2. The van der Waals surface area contributed by atoms with Gasteiger partial charge in [-0.2, -0.15) is 13.2 Å². The number of nitrogens with zero attached hydrogens (tertiary/aromatic N) is 3. The Morgan fingerprint density at radius 2 is 1.91 bits per heavy atom. The molecule has 0 radical (unpaired) electrons. The van der Waals surface area contributed by atoms with Gasteiger partial charge in [0.25, 0.3) is 5.60 Å². The summed E-state index contributed by atoms with van der Waals surface area (Å²) in [6, 6.07) is 8.53. The molecule has 1 N–H and O–H groups in total. The minimum Gasteiger partial charge on any atom is -0.369 e. The fourth-order valence-corrected chi connectivity index (χ4v) is 2.06. The van der Waals surface area contributed by atoms with Gasteiger partial charge < -0.3 is 9.67 Å². The van der Waals surface area contributed by atoms with E-state index in [-0.39, 0.29) is 6.54 Å². The van der Waals surface area contributed by atoms with Crippen molar-refractivity contribution in [3.05, 3.63) is 64.2 Å². The van der Waals surface area contributed by atoms with Gasteiger partial charge in [-0.25, -0.2) is 4.98 Å². The highest BCUT2D eigenvalue weighted by molar-refractivity contribution is 5.17. The highest BCUT2D eigenvalue weighted by Gasteiger charge is 2.61. The average Bonchev–Trinajstić information content (AvgIpc) is 2.86. The number of rotatable bonds is 5. The molecule has 0 aliphatic rings. The quantitative estimate of drug-likeness (QED) is 0.675. The lowest BCUT2D eigenvalue weighted by atomic mass is 10.0. The van der Waals surface area contributed by atoms with Gasteiger partial charge in [0.2, 0.25) is 6.54 Å². The lowest BCUT2D eigenvalue weighted by Crippen LogP contribution is -2.49. The molecule has 2 aromatic rings. The van der Waals surface area contributed by atoms with Crippen molar-refractivity contribution in [3.63, 3.8) is 0 Å². The fourth-order valence-electron chi connectivity index (χ4n) is 2.06. The van der Waals surface area contributed by atoms with Crippen molar-refractivity contribution in [3.8, 4) is 0 Å². The summed E-state index contributed by atoms with van der Waals surface area (Å²) in [5.41, 5.74) is -2.97. The first-order valence-electron chi connectivity index (χ1n) is 6.20. The van der Waals surface area contributed by atoms with Crippen LogP contribution in [0.3, 0.4) is 0 Å². The predicted molar refractivity (Wildman–Crippen MR) is 69.6 cm³/mol. The lowest BCUT2D eigenvalue weighted by Gasteiger charge is -2.26. The number of hydrogen-bond acceptors (Lipinski definition) is 4. The monoisotopic (exact) mass is 315 g/mol. The second-order valence-electron chi connectivity index (χ2n) is 4.71. The maximum Gasteiger partial charge on any atom is 0.431 e. The zero-order valence-electron chi connectivity index (χ0n) is 11.2. The summed E-state index contributed by atoms with van der Waals surface area (Å²) < 4.78 is 40.5. The Balaban J connectivity index is 2.42. The van der Waals surface area contributed by atoms with Crippen LogP contribution < -0.4 is 0 Å². The summed E-state index contributed by atoms with van der Waals surface area (Å²) in [7, 11) is 0. The van der Waals surface area contributed by atoms with E-state index in [0.29, 0.717) is 5.56 Å². The van der Waals surface area contributed by atoms with Gasteiger partial charge >= 0.3 is 6.18 Å². The predicted octanol–water partition coefficient (Wildman–Crippen LogP) is 1.96. The van der Waals surface area contributed by atoms with Crippen molar-refractivity contribution in [1.29, 1.82) is 0 Å². The average molecular weight is 315 g/mol. The van der Waals surface area contributed by atoms with Gasteiger partial charge in [0, 0.05) is 23.9 Å². The molecule has 0 aliphatic carbocycles. The van der Waals surface area contributed by atoms with E-state index >= 15 is 0 Å². The number of alkyl halides is 3. The molecular weight excluding hydrogens is 303 g/mol. The minimum atomic E-state index is -5.22. The van der Waals surface area contributed by atoms with E-state index in [1.165, 1.54) is 6.20 Å². The minimum absolute atomic E-state index is 0.00623. The first kappa shape index (κ1) is 16.0. The van der Waals surface area contributed by atoms with E-state index in [4.69, 9.17) is 0 Å². The second-order valence-corrected chi connectivity index (χ2v) is 4.71. The highest BCUT2D eigenvalue weighted by Crippen LogP contribution is 2.38.